The topological polar surface area (TPSA) is 74.6 Å². The van der Waals surface area contributed by atoms with Crippen molar-refractivity contribution in [3.63, 3.8) is 0 Å². The Labute approximate surface area is 220 Å². The molecule has 2 N–H and O–H groups in total. The average molecular weight is 530 g/mol. The molecule has 35 heavy (non-hydrogen) atoms. The van der Waals surface area contributed by atoms with E-state index in [1.54, 1.807) is 0 Å². The summed E-state index contributed by atoms with van der Waals surface area (Å²) in [6, 6.07) is 8.42. The van der Waals surface area contributed by atoms with Crippen molar-refractivity contribution in [3.8, 4) is 28.7 Å². The minimum atomic E-state index is 0. The number of hydrogen-bond acceptors (Lipinski definition) is 7. The molecule has 1 fully saturated rings. The van der Waals surface area contributed by atoms with Crippen LogP contribution in [0, 0.1) is 5.92 Å². The molecule has 2 aromatic carbocycles. The summed E-state index contributed by atoms with van der Waals surface area (Å²) in [6.45, 7) is 4.96. The molecule has 0 saturated carbocycles. The highest BCUT2D eigenvalue weighted by molar-refractivity contribution is 5.85. The Morgan fingerprint density at radius 3 is 1.83 bits per heavy atom. The van der Waals surface area contributed by atoms with Crippen molar-refractivity contribution < 1.29 is 24.4 Å². The summed E-state index contributed by atoms with van der Waals surface area (Å²) < 4.78 is 16.6. The number of fused-ring (bicyclic) bond motifs is 1. The fourth-order valence-corrected chi connectivity index (χ4v) is 4.98. The first-order valence-corrected chi connectivity index (χ1v) is 11.9. The molecule has 4 rings (SSSR count). The number of benzene rings is 2. The van der Waals surface area contributed by atoms with Gasteiger partial charge in [-0.3, -0.25) is 0 Å². The summed E-state index contributed by atoms with van der Waals surface area (Å²) in [6.07, 6.45) is 4.19. The molecule has 0 unspecified atom stereocenters. The number of phenols is 2. The van der Waals surface area contributed by atoms with Gasteiger partial charge in [0.05, 0.1) is 20.8 Å². The molecule has 2 aromatic rings. The molecule has 1 aliphatic heterocycles. The third-order valence-electron chi connectivity index (χ3n) is 7.09. The molecular weight excluding hydrogens is 491 g/mol. The molecule has 196 valence electrons. The van der Waals surface area contributed by atoms with E-state index in [4.69, 9.17) is 14.2 Å². The molecule has 7 nitrogen and oxygen atoms in total. The van der Waals surface area contributed by atoms with Crippen LogP contribution in [-0.4, -0.2) is 69.2 Å². The van der Waals surface area contributed by atoms with E-state index < -0.39 is 0 Å². The van der Waals surface area contributed by atoms with Crippen LogP contribution in [0.3, 0.4) is 0 Å². The van der Waals surface area contributed by atoms with Crippen LogP contribution < -0.4 is 19.1 Å². The van der Waals surface area contributed by atoms with Crippen molar-refractivity contribution in [1.29, 1.82) is 0 Å². The summed E-state index contributed by atoms with van der Waals surface area (Å²) in [7, 11) is 5.11. The molecule has 1 saturated heterocycles. The lowest BCUT2D eigenvalue weighted by Gasteiger charge is -2.34. The van der Waals surface area contributed by atoms with Gasteiger partial charge in [-0.1, -0.05) is 0 Å². The van der Waals surface area contributed by atoms with E-state index in [-0.39, 0.29) is 47.8 Å². The number of nitrogens with zero attached hydrogens (tertiary/aromatic N) is 2. The van der Waals surface area contributed by atoms with Crippen LogP contribution in [0.1, 0.15) is 30.4 Å². The van der Waals surface area contributed by atoms with Gasteiger partial charge in [0, 0.05) is 43.0 Å². The van der Waals surface area contributed by atoms with Gasteiger partial charge in [-0.05, 0) is 69.3 Å². The number of rotatable bonds is 7. The number of halogens is 2. The van der Waals surface area contributed by atoms with Crippen molar-refractivity contribution in [3.05, 3.63) is 35.4 Å². The van der Waals surface area contributed by atoms with Crippen LogP contribution in [0.2, 0.25) is 0 Å². The van der Waals surface area contributed by atoms with Crippen molar-refractivity contribution >= 4 is 30.5 Å². The molecule has 1 aliphatic carbocycles. The maximum Gasteiger partial charge on any atom is 0.207 e. The second kappa shape index (κ2) is 13.2. The number of anilines is 1. The molecule has 0 spiro atoms. The van der Waals surface area contributed by atoms with Gasteiger partial charge < -0.3 is 34.2 Å². The second-order valence-corrected chi connectivity index (χ2v) is 9.09. The number of phenolic OH excluding ortho intramolecular Hbond substituents is 2. The van der Waals surface area contributed by atoms with Crippen LogP contribution in [0.15, 0.2) is 24.3 Å². The lowest BCUT2D eigenvalue weighted by atomic mass is 9.96. The summed E-state index contributed by atoms with van der Waals surface area (Å²) >= 11 is 0. The predicted octanol–water partition coefficient (Wildman–Crippen LogP) is 4.67. The summed E-state index contributed by atoms with van der Waals surface area (Å²) in [5.41, 5.74) is 2.79. The Balaban J connectivity index is 0.00000216. The Kier molecular flexibility index (Phi) is 10.9. The largest absolute Gasteiger partial charge is 0.504 e. The van der Waals surface area contributed by atoms with E-state index in [9.17, 15) is 10.2 Å². The highest BCUT2D eigenvalue weighted by Gasteiger charge is 2.28. The van der Waals surface area contributed by atoms with Gasteiger partial charge in [-0.25, -0.2) is 0 Å². The zero-order valence-electron chi connectivity index (χ0n) is 20.8. The monoisotopic (exact) mass is 528 g/mol. The molecule has 9 heteroatoms. The summed E-state index contributed by atoms with van der Waals surface area (Å²) in [5.74, 6) is 1.93. The fraction of sp³-hybridized carbons (Fsp3) is 0.538. The van der Waals surface area contributed by atoms with Crippen LogP contribution >= 0.6 is 24.8 Å². The number of aromatic hydroxyl groups is 2. The van der Waals surface area contributed by atoms with Crippen molar-refractivity contribution in [2.45, 2.75) is 32.1 Å². The molecular formula is C26H38Cl2N2O5. The van der Waals surface area contributed by atoms with Crippen LogP contribution in [0.5, 0.6) is 28.7 Å². The third kappa shape index (κ3) is 6.51. The normalized spacial score (nSPS) is 16.4. The Morgan fingerprint density at radius 2 is 1.34 bits per heavy atom. The minimum absolute atomic E-state index is 0. The first-order valence-electron chi connectivity index (χ1n) is 11.9. The molecule has 0 amide bonds. The first-order chi connectivity index (χ1) is 16.0. The van der Waals surface area contributed by atoms with Gasteiger partial charge in [0.1, 0.15) is 5.75 Å². The van der Waals surface area contributed by atoms with Crippen LogP contribution in [0.25, 0.3) is 0 Å². The summed E-state index contributed by atoms with van der Waals surface area (Å²) in [5, 5.41) is 21.4. The smallest absolute Gasteiger partial charge is 0.207 e. The van der Waals surface area contributed by atoms with E-state index in [0.29, 0.717) is 25.4 Å². The average Bonchev–Trinajstić information content (AvgIpc) is 3.05. The first kappa shape index (κ1) is 29.0. The van der Waals surface area contributed by atoms with Gasteiger partial charge in [0.15, 0.2) is 11.5 Å². The van der Waals surface area contributed by atoms with Crippen molar-refractivity contribution in [1.82, 2.24) is 4.90 Å². The lowest BCUT2D eigenvalue weighted by molar-refractivity contribution is 0.267. The molecule has 0 radical (unpaired) electrons. The van der Waals surface area contributed by atoms with Gasteiger partial charge in [-0.2, -0.15) is 0 Å². The number of likely N-dealkylation sites (N-methyl/N-ethyl adjacent to an activating group) is 1. The molecule has 0 aromatic heterocycles. The van der Waals surface area contributed by atoms with E-state index in [1.165, 1.54) is 19.9 Å². The molecule has 1 heterocycles. The Morgan fingerprint density at radius 1 is 0.829 bits per heavy atom. The van der Waals surface area contributed by atoms with Gasteiger partial charge >= 0.3 is 0 Å². The summed E-state index contributed by atoms with van der Waals surface area (Å²) in [4.78, 5) is 4.78. The van der Waals surface area contributed by atoms with E-state index in [2.05, 4.69) is 41.1 Å². The minimum Gasteiger partial charge on any atom is -0.504 e. The highest BCUT2D eigenvalue weighted by Crippen LogP contribution is 2.50. The zero-order valence-corrected chi connectivity index (χ0v) is 22.4. The third-order valence-corrected chi connectivity index (χ3v) is 7.09. The van der Waals surface area contributed by atoms with Gasteiger partial charge in [0.2, 0.25) is 11.5 Å². The molecule has 0 bridgehead atoms. The lowest BCUT2D eigenvalue weighted by Crippen LogP contribution is -2.44. The maximum atomic E-state index is 10.7. The zero-order chi connectivity index (χ0) is 23.4. The van der Waals surface area contributed by atoms with Gasteiger partial charge in [-0.15, -0.1) is 24.8 Å². The number of ether oxygens (including phenoxy) is 3. The second-order valence-electron chi connectivity index (χ2n) is 9.09. The fourth-order valence-electron chi connectivity index (χ4n) is 4.98. The van der Waals surface area contributed by atoms with E-state index in [1.807, 2.05) is 0 Å². The Bertz CT molecular complexity index is 909. The SMILES string of the molecule is COc1c(O)c2c(c(O)c1OC)CCC(CCOc1ccc(N3CCN(C)CC3)cc1)CC2.Cl.Cl. The predicted molar refractivity (Wildman–Crippen MR) is 144 cm³/mol. The molecule has 2 aliphatic rings. The standard InChI is InChI=1S/C26H36N2O5.2ClH/c1-27-13-15-28(16-14-27)19-6-8-20(9-7-19)33-17-12-18-4-10-21-22(11-5-18)24(30)26(32-3)25(31-2)23(21)29;;/h6-9,18,29-30H,4-5,10-17H2,1-3H3;2*1H. The Hall–Kier alpha value is -2.22. The van der Waals surface area contributed by atoms with Crippen molar-refractivity contribution in [2.75, 3.05) is 59.0 Å². The van der Waals surface area contributed by atoms with Crippen molar-refractivity contribution in [2.24, 2.45) is 5.92 Å². The number of methoxy groups -OCH3 is 2. The van der Waals surface area contributed by atoms with Crippen LogP contribution in [0.4, 0.5) is 5.69 Å². The van der Waals surface area contributed by atoms with E-state index >= 15 is 0 Å². The van der Waals surface area contributed by atoms with E-state index in [0.717, 1.165) is 62.3 Å². The van der Waals surface area contributed by atoms with Gasteiger partial charge in [0.25, 0.3) is 0 Å². The quantitative estimate of drug-likeness (QED) is 0.399. The highest BCUT2D eigenvalue weighted by atomic mass is 35.5. The maximum absolute atomic E-state index is 10.7. The molecule has 0 atom stereocenters. The number of hydrogen-bond donors (Lipinski definition) is 2. The number of piperazine rings is 1. The van der Waals surface area contributed by atoms with Crippen LogP contribution in [-0.2, 0) is 12.8 Å².